The third-order valence-electron chi connectivity index (χ3n) is 9.29. The van der Waals surface area contributed by atoms with E-state index in [1.807, 2.05) is 18.2 Å². The summed E-state index contributed by atoms with van der Waals surface area (Å²) in [6.45, 7) is 4.55. The molecule has 0 radical (unpaired) electrons. The molecule has 0 aromatic heterocycles. The molecule has 7 atom stereocenters. The van der Waals surface area contributed by atoms with Crippen molar-refractivity contribution in [1.82, 2.24) is 0 Å². The Hall–Kier alpha value is -1.81. The molecule has 162 valence electrons. The minimum atomic E-state index is -0.337. The molecule has 30 heavy (non-hydrogen) atoms. The monoisotopic (exact) mass is 410 g/mol. The molecule has 1 aliphatic heterocycles. The number of aromatic hydroxyl groups is 1. The second kappa shape index (κ2) is 7.40. The summed E-state index contributed by atoms with van der Waals surface area (Å²) in [4.78, 5) is 12.2. The van der Waals surface area contributed by atoms with E-state index in [9.17, 15) is 15.0 Å². The number of ether oxygens (including phenoxy) is 1. The fourth-order valence-electron chi connectivity index (χ4n) is 7.79. The van der Waals surface area contributed by atoms with Gasteiger partial charge in [0.25, 0.3) is 0 Å². The van der Waals surface area contributed by atoms with Crippen molar-refractivity contribution in [3.05, 3.63) is 41.0 Å². The first-order valence-corrected chi connectivity index (χ1v) is 11.7. The van der Waals surface area contributed by atoms with Gasteiger partial charge in [-0.2, -0.15) is 0 Å². The Morgan fingerprint density at radius 1 is 1.23 bits per heavy atom. The average Bonchev–Trinajstić information content (AvgIpc) is 3.10. The van der Waals surface area contributed by atoms with Gasteiger partial charge in [-0.1, -0.05) is 26.0 Å². The van der Waals surface area contributed by atoms with Crippen molar-refractivity contribution < 1.29 is 19.7 Å². The molecule has 1 aromatic rings. The van der Waals surface area contributed by atoms with Crippen LogP contribution in [0.4, 0.5) is 0 Å². The summed E-state index contributed by atoms with van der Waals surface area (Å²) in [6.07, 6.45) is 9.79. The molecular weight excluding hydrogens is 376 g/mol. The van der Waals surface area contributed by atoms with Gasteiger partial charge < -0.3 is 14.9 Å². The highest BCUT2D eigenvalue weighted by Gasteiger charge is 2.56. The number of benzene rings is 1. The number of carbonyl (C=O) groups is 1. The van der Waals surface area contributed by atoms with Gasteiger partial charge in [0.05, 0.1) is 12.2 Å². The zero-order valence-electron chi connectivity index (χ0n) is 18.1. The summed E-state index contributed by atoms with van der Waals surface area (Å²) in [5.41, 5.74) is 3.54. The summed E-state index contributed by atoms with van der Waals surface area (Å²) < 4.78 is 5.76. The van der Waals surface area contributed by atoms with Crippen molar-refractivity contribution in [2.24, 2.45) is 29.1 Å². The van der Waals surface area contributed by atoms with Crippen LogP contribution in [0.5, 0.6) is 5.75 Å². The smallest absolute Gasteiger partial charge is 0.336 e. The van der Waals surface area contributed by atoms with E-state index in [2.05, 4.69) is 19.9 Å². The quantitative estimate of drug-likeness (QED) is 0.707. The molecule has 2 saturated carbocycles. The predicted octanol–water partition coefficient (Wildman–Crippen LogP) is 4.73. The number of hydrogen-bond donors (Lipinski definition) is 2. The molecule has 0 bridgehead atoms. The molecule has 4 heteroatoms. The summed E-state index contributed by atoms with van der Waals surface area (Å²) in [7, 11) is 0. The number of cyclic esters (lactones) is 1. The molecule has 2 N–H and O–H groups in total. The lowest BCUT2D eigenvalue weighted by atomic mass is 9.53. The van der Waals surface area contributed by atoms with E-state index in [1.165, 1.54) is 43.2 Å². The Bertz CT molecular complexity index is 874. The average molecular weight is 411 g/mol. The van der Waals surface area contributed by atoms with E-state index in [-0.39, 0.29) is 18.7 Å². The summed E-state index contributed by atoms with van der Waals surface area (Å²) >= 11 is 0. The number of fused-ring (bicyclic) bond motifs is 5. The molecule has 3 aliphatic carbocycles. The second-order valence-corrected chi connectivity index (χ2v) is 10.5. The van der Waals surface area contributed by atoms with Crippen LogP contribution < -0.4 is 0 Å². The number of phenolic OH excluding ortho intramolecular Hbond substituents is 1. The van der Waals surface area contributed by atoms with Crippen molar-refractivity contribution in [2.45, 2.75) is 70.8 Å². The van der Waals surface area contributed by atoms with Crippen LogP contribution in [-0.2, 0) is 16.0 Å². The maximum Gasteiger partial charge on any atom is 0.336 e. The molecule has 1 aromatic carbocycles. The molecular formula is C26H34O4. The van der Waals surface area contributed by atoms with Crippen molar-refractivity contribution in [2.75, 3.05) is 6.61 Å². The Morgan fingerprint density at radius 2 is 2.07 bits per heavy atom. The van der Waals surface area contributed by atoms with Gasteiger partial charge in [-0.15, -0.1) is 0 Å². The number of esters is 1. The van der Waals surface area contributed by atoms with Crippen LogP contribution in [0.2, 0.25) is 0 Å². The third kappa shape index (κ3) is 3.02. The van der Waals surface area contributed by atoms with E-state index in [1.54, 1.807) is 0 Å². The zero-order chi connectivity index (χ0) is 21.0. The van der Waals surface area contributed by atoms with Crippen molar-refractivity contribution in [3.63, 3.8) is 0 Å². The number of aryl methyl sites for hydroxylation is 1. The van der Waals surface area contributed by atoms with E-state index in [0.717, 1.165) is 24.7 Å². The molecule has 5 rings (SSSR count). The van der Waals surface area contributed by atoms with Gasteiger partial charge in [-0.3, -0.25) is 0 Å². The third-order valence-corrected chi connectivity index (χ3v) is 9.29. The topological polar surface area (TPSA) is 66.8 Å². The molecule has 0 saturated heterocycles. The first-order valence-electron chi connectivity index (χ1n) is 11.7. The Balaban J connectivity index is 1.36. The molecule has 2 fully saturated rings. The van der Waals surface area contributed by atoms with E-state index in [4.69, 9.17) is 4.74 Å². The standard InChI is InChI=1S/C26H34O4/c1-15(24-10-4-17(14-27)25(29)30-24)22-8-9-23-21-6-3-16-13-18(28)5-7-19(16)20(21)11-12-26(22,23)2/h4-5,7,13,15,20-24,27-28H,3,6,8-12,14H2,1-2H3/t15-,20+,21+,22+,23-,24+,26+/m0/s1. The molecule has 0 amide bonds. The van der Waals surface area contributed by atoms with Crippen LogP contribution >= 0.6 is 0 Å². The van der Waals surface area contributed by atoms with Crippen molar-refractivity contribution in [1.29, 1.82) is 0 Å². The normalized spacial score (nSPS) is 38.7. The van der Waals surface area contributed by atoms with Gasteiger partial charge >= 0.3 is 5.97 Å². The molecule has 4 aliphatic rings. The number of carbonyl (C=O) groups excluding carboxylic acids is 1. The SMILES string of the molecule is C[C@@H]([C@H]1CC[C@H]2[C@@H]3CCc4cc(O)ccc4[C@H]3CC[C@]12C)[C@H]1CC=C(CO)C(=O)O1. The van der Waals surface area contributed by atoms with Crippen LogP contribution in [0.15, 0.2) is 29.8 Å². The fraction of sp³-hybridized carbons (Fsp3) is 0.654. The maximum atomic E-state index is 12.2. The largest absolute Gasteiger partial charge is 0.508 e. The highest BCUT2D eigenvalue weighted by Crippen LogP contribution is 2.64. The Kier molecular flexibility index (Phi) is 4.96. The lowest BCUT2D eigenvalue weighted by molar-refractivity contribution is -0.151. The molecule has 0 unspecified atom stereocenters. The maximum absolute atomic E-state index is 12.2. The molecule has 0 spiro atoms. The first kappa shape index (κ1) is 20.1. The van der Waals surface area contributed by atoms with Crippen molar-refractivity contribution in [3.8, 4) is 5.75 Å². The lowest BCUT2D eigenvalue weighted by Gasteiger charge is -2.52. The summed E-state index contributed by atoms with van der Waals surface area (Å²) in [5.74, 6) is 3.06. The molecule has 4 nitrogen and oxygen atoms in total. The Labute approximate surface area is 179 Å². The van der Waals surface area contributed by atoms with Gasteiger partial charge in [0.15, 0.2) is 0 Å². The number of aliphatic hydroxyl groups is 1. The van der Waals surface area contributed by atoms with Crippen LogP contribution in [-0.4, -0.2) is 28.9 Å². The van der Waals surface area contributed by atoms with Crippen LogP contribution in [0.3, 0.4) is 0 Å². The van der Waals surface area contributed by atoms with Crippen LogP contribution in [0.1, 0.15) is 69.4 Å². The van der Waals surface area contributed by atoms with Crippen molar-refractivity contribution >= 4 is 5.97 Å². The minimum absolute atomic E-state index is 0.0684. The first-order chi connectivity index (χ1) is 14.4. The van der Waals surface area contributed by atoms with E-state index < -0.39 is 0 Å². The number of phenols is 1. The van der Waals surface area contributed by atoms with Gasteiger partial charge in [0.1, 0.15) is 11.9 Å². The number of rotatable bonds is 3. The summed E-state index contributed by atoms with van der Waals surface area (Å²) in [6, 6.07) is 6.01. The van der Waals surface area contributed by atoms with Crippen LogP contribution in [0.25, 0.3) is 0 Å². The predicted molar refractivity (Wildman–Crippen MR) is 115 cm³/mol. The van der Waals surface area contributed by atoms with Crippen LogP contribution in [0, 0.1) is 29.1 Å². The zero-order valence-corrected chi connectivity index (χ0v) is 18.1. The lowest BCUT2D eigenvalue weighted by Crippen LogP contribution is -2.45. The van der Waals surface area contributed by atoms with E-state index >= 15 is 0 Å². The van der Waals surface area contributed by atoms with Gasteiger partial charge in [-0.05, 0) is 96.8 Å². The van der Waals surface area contributed by atoms with Gasteiger partial charge in [0, 0.05) is 6.42 Å². The highest BCUT2D eigenvalue weighted by atomic mass is 16.5. The Morgan fingerprint density at radius 3 is 2.83 bits per heavy atom. The number of aliphatic hydroxyl groups excluding tert-OH is 1. The number of hydrogen-bond acceptors (Lipinski definition) is 4. The van der Waals surface area contributed by atoms with E-state index in [0.29, 0.717) is 34.5 Å². The van der Waals surface area contributed by atoms with Gasteiger partial charge in [-0.25, -0.2) is 4.79 Å². The van der Waals surface area contributed by atoms with Gasteiger partial charge in [0.2, 0.25) is 0 Å². The molecule has 1 heterocycles. The highest BCUT2D eigenvalue weighted by molar-refractivity contribution is 5.89. The minimum Gasteiger partial charge on any atom is -0.508 e. The summed E-state index contributed by atoms with van der Waals surface area (Å²) in [5, 5.41) is 19.2. The second-order valence-electron chi connectivity index (χ2n) is 10.5. The fourth-order valence-corrected chi connectivity index (χ4v) is 7.79.